The molecule has 2 aromatic rings. The first-order valence-corrected chi connectivity index (χ1v) is 9.26. The van der Waals surface area contributed by atoms with E-state index in [4.69, 9.17) is 16.9 Å². The van der Waals surface area contributed by atoms with Crippen LogP contribution in [0.25, 0.3) is 5.69 Å². The summed E-state index contributed by atoms with van der Waals surface area (Å²) < 4.78 is 40.7. The van der Waals surface area contributed by atoms with Crippen LogP contribution < -0.4 is 15.4 Å². The predicted octanol–water partition coefficient (Wildman–Crippen LogP) is 4.05. The summed E-state index contributed by atoms with van der Waals surface area (Å²) in [4.78, 5) is 15.1. The summed E-state index contributed by atoms with van der Waals surface area (Å²) in [5.74, 6) is -0.701. The van der Waals surface area contributed by atoms with Crippen LogP contribution in [0.5, 0.6) is 0 Å². The molecule has 1 fully saturated rings. The normalized spacial score (nSPS) is 19.9. The lowest BCUT2D eigenvalue weighted by molar-refractivity contribution is -0.595. The molecule has 0 atom stereocenters. The van der Waals surface area contributed by atoms with Gasteiger partial charge in [-0.15, -0.1) is 0 Å². The van der Waals surface area contributed by atoms with E-state index in [0.717, 1.165) is 0 Å². The van der Waals surface area contributed by atoms with Gasteiger partial charge < -0.3 is 5.32 Å². The SMILES string of the molecule is CNc1c(Cl)c(=O)[nH]c(C2CCC(C(F)(F)F)CC2)[n+]1-c1ccc(C#N)cc1. The molecular formula is C19H19ClF3N4O+. The Morgan fingerprint density at radius 1 is 1.21 bits per heavy atom. The van der Waals surface area contributed by atoms with E-state index in [0.29, 0.717) is 35.7 Å². The third-order valence-electron chi connectivity index (χ3n) is 5.18. The van der Waals surface area contributed by atoms with Gasteiger partial charge in [-0.2, -0.15) is 18.4 Å². The highest BCUT2D eigenvalue weighted by atomic mass is 35.5. The van der Waals surface area contributed by atoms with Crippen LogP contribution >= 0.6 is 11.6 Å². The second-order valence-corrected chi connectivity index (χ2v) is 7.21. The van der Waals surface area contributed by atoms with Crippen molar-refractivity contribution in [2.75, 3.05) is 12.4 Å². The first-order valence-electron chi connectivity index (χ1n) is 8.89. The number of nitrogens with one attached hydrogen (secondary N) is 2. The largest absolute Gasteiger partial charge is 0.391 e. The van der Waals surface area contributed by atoms with Crippen LogP contribution in [0.3, 0.4) is 0 Å². The summed E-state index contributed by atoms with van der Waals surface area (Å²) in [6.07, 6.45) is -3.55. The van der Waals surface area contributed by atoms with Gasteiger partial charge >= 0.3 is 11.7 Å². The van der Waals surface area contributed by atoms with E-state index in [2.05, 4.69) is 10.3 Å². The number of hydrogen-bond acceptors (Lipinski definition) is 3. The van der Waals surface area contributed by atoms with Crippen molar-refractivity contribution < 1.29 is 17.7 Å². The van der Waals surface area contributed by atoms with Gasteiger partial charge in [-0.05, 0) is 49.9 Å². The fraction of sp³-hybridized carbons (Fsp3) is 0.421. The van der Waals surface area contributed by atoms with Crippen LogP contribution in [0.2, 0.25) is 5.02 Å². The third kappa shape index (κ3) is 3.85. The molecule has 28 heavy (non-hydrogen) atoms. The molecule has 148 valence electrons. The third-order valence-corrected chi connectivity index (χ3v) is 5.53. The first-order chi connectivity index (χ1) is 13.3. The maximum Gasteiger partial charge on any atom is 0.391 e. The Morgan fingerprint density at radius 3 is 2.32 bits per heavy atom. The fourth-order valence-corrected chi connectivity index (χ4v) is 3.93. The number of halogens is 4. The van der Waals surface area contributed by atoms with E-state index < -0.39 is 17.7 Å². The molecule has 5 nitrogen and oxygen atoms in total. The second-order valence-electron chi connectivity index (χ2n) is 6.84. The number of benzene rings is 1. The van der Waals surface area contributed by atoms with Crippen LogP contribution in [-0.4, -0.2) is 18.2 Å². The van der Waals surface area contributed by atoms with Crippen LogP contribution in [-0.2, 0) is 0 Å². The zero-order chi connectivity index (χ0) is 20.5. The number of rotatable bonds is 3. The fourth-order valence-electron chi connectivity index (χ4n) is 3.71. The van der Waals surface area contributed by atoms with E-state index in [-0.39, 0.29) is 23.8 Å². The summed E-state index contributed by atoms with van der Waals surface area (Å²) >= 11 is 6.17. The summed E-state index contributed by atoms with van der Waals surface area (Å²) in [6, 6.07) is 8.71. The quantitative estimate of drug-likeness (QED) is 0.748. The molecule has 0 aliphatic heterocycles. The molecule has 1 aliphatic rings. The first kappa shape index (κ1) is 20.2. The number of nitriles is 1. The lowest BCUT2D eigenvalue weighted by atomic mass is 9.81. The average molecular weight is 412 g/mol. The number of alkyl halides is 3. The van der Waals surface area contributed by atoms with Crippen LogP contribution in [0, 0.1) is 17.2 Å². The molecule has 3 rings (SSSR count). The van der Waals surface area contributed by atoms with Crippen LogP contribution in [0.1, 0.15) is 43.0 Å². The number of nitrogens with zero attached hydrogens (tertiary/aromatic N) is 2. The highest BCUT2D eigenvalue weighted by molar-refractivity contribution is 6.32. The molecule has 0 amide bonds. The van der Waals surface area contributed by atoms with Gasteiger partial charge in [0, 0.05) is 13.0 Å². The molecule has 1 heterocycles. The van der Waals surface area contributed by atoms with Crippen LogP contribution in [0.15, 0.2) is 29.1 Å². The molecule has 0 spiro atoms. The van der Waals surface area contributed by atoms with Crippen LogP contribution in [0.4, 0.5) is 19.0 Å². The predicted molar refractivity (Wildman–Crippen MR) is 98.6 cm³/mol. The lowest BCUT2D eigenvalue weighted by Gasteiger charge is -2.29. The van der Waals surface area contributed by atoms with Gasteiger partial charge in [-0.1, -0.05) is 11.6 Å². The van der Waals surface area contributed by atoms with Crippen molar-refractivity contribution in [3.05, 3.63) is 51.0 Å². The van der Waals surface area contributed by atoms with E-state index >= 15 is 0 Å². The number of hydrogen-bond donors (Lipinski definition) is 2. The van der Waals surface area contributed by atoms with Crippen molar-refractivity contribution in [3.8, 4) is 11.8 Å². The van der Waals surface area contributed by atoms with Gasteiger partial charge in [0.1, 0.15) is 5.69 Å². The smallest absolute Gasteiger partial charge is 0.307 e. The zero-order valence-electron chi connectivity index (χ0n) is 15.1. The number of aromatic amines is 1. The monoisotopic (exact) mass is 411 g/mol. The van der Waals surface area contributed by atoms with Gasteiger partial charge in [-0.25, -0.2) is 14.3 Å². The molecule has 1 aromatic carbocycles. The second kappa shape index (κ2) is 7.84. The molecule has 9 heteroatoms. The Hall–Kier alpha value is -2.53. The van der Waals surface area contributed by atoms with Crippen molar-refractivity contribution in [3.63, 3.8) is 0 Å². The highest BCUT2D eigenvalue weighted by Crippen LogP contribution is 2.42. The molecular weight excluding hydrogens is 393 g/mol. The molecule has 1 aliphatic carbocycles. The highest BCUT2D eigenvalue weighted by Gasteiger charge is 2.43. The van der Waals surface area contributed by atoms with Crippen molar-refractivity contribution >= 4 is 17.4 Å². The Morgan fingerprint density at radius 2 is 1.82 bits per heavy atom. The van der Waals surface area contributed by atoms with Crippen molar-refractivity contribution in [1.82, 2.24) is 4.98 Å². The summed E-state index contributed by atoms with van der Waals surface area (Å²) in [5.41, 5.74) is 0.622. The van der Waals surface area contributed by atoms with E-state index in [9.17, 15) is 18.0 Å². The van der Waals surface area contributed by atoms with Crippen molar-refractivity contribution in [2.45, 2.75) is 37.8 Å². The Bertz CT molecular complexity index is 955. The summed E-state index contributed by atoms with van der Waals surface area (Å²) in [5, 5.41) is 11.9. The minimum absolute atomic E-state index is 0.0150. The van der Waals surface area contributed by atoms with Gasteiger partial charge in [0.15, 0.2) is 5.02 Å². The Kier molecular flexibility index (Phi) is 5.66. The summed E-state index contributed by atoms with van der Waals surface area (Å²) in [6.45, 7) is 0. The van der Waals surface area contributed by atoms with Crippen molar-refractivity contribution in [2.24, 2.45) is 5.92 Å². The number of anilines is 1. The zero-order valence-corrected chi connectivity index (χ0v) is 15.9. The van der Waals surface area contributed by atoms with Gasteiger partial charge in [0.05, 0.1) is 17.6 Å². The minimum Gasteiger partial charge on any atom is -0.307 e. The molecule has 1 saturated carbocycles. The molecule has 0 unspecified atom stereocenters. The maximum atomic E-state index is 13.0. The summed E-state index contributed by atoms with van der Waals surface area (Å²) in [7, 11) is 1.62. The van der Waals surface area contributed by atoms with E-state index in [1.807, 2.05) is 6.07 Å². The Labute approximate surface area is 164 Å². The lowest BCUT2D eigenvalue weighted by Crippen LogP contribution is -2.45. The molecule has 2 N–H and O–H groups in total. The number of aromatic nitrogens is 2. The van der Waals surface area contributed by atoms with Gasteiger partial charge in [0.25, 0.3) is 5.82 Å². The molecule has 0 saturated heterocycles. The Balaban J connectivity index is 2.07. The maximum absolute atomic E-state index is 13.0. The van der Waals surface area contributed by atoms with E-state index in [1.54, 1.807) is 35.9 Å². The van der Waals surface area contributed by atoms with Gasteiger partial charge in [-0.3, -0.25) is 0 Å². The van der Waals surface area contributed by atoms with E-state index in [1.165, 1.54) is 0 Å². The molecule has 0 radical (unpaired) electrons. The molecule has 1 aromatic heterocycles. The number of H-pyrrole nitrogens is 1. The average Bonchev–Trinajstić information content (AvgIpc) is 2.69. The minimum atomic E-state index is -4.20. The van der Waals surface area contributed by atoms with Gasteiger partial charge in [0.2, 0.25) is 5.82 Å². The molecule has 0 bridgehead atoms. The topological polar surface area (TPSA) is 72.6 Å². The standard InChI is InChI=1S/C19H18ClF3N4O/c1-25-17-15(20)18(28)26-16(12-4-6-13(7-5-12)19(21,22)23)27(17)14-8-2-11(10-24)3-9-14/h2-3,8-9,12-13H,4-7H2,1H3,(H,25,28)/p+1. The van der Waals surface area contributed by atoms with Crippen molar-refractivity contribution in [1.29, 1.82) is 5.26 Å².